The number of nitrogens with one attached hydrogen (secondary N) is 1. The minimum atomic E-state index is -0.226. The third-order valence-electron chi connectivity index (χ3n) is 6.68. The van der Waals surface area contributed by atoms with Gasteiger partial charge in [0, 0.05) is 69.7 Å². The van der Waals surface area contributed by atoms with E-state index in [0.29, 0.717) is 52.1 Å². The highest BCUT2D eigenvalue weighted by molar-refractivity contribution is 5.97. The lowest BCUT2D eigenvalue weighted by molar-refractivity contribution is -0.116. The van der Waals surface area contributed by atoms with Crippen LogP contribution in [0.15, 0.2) is 63.9 Å². The minimum absolute atomic E-state index is 0.0947. The maximum absolute atomic E-state index is 13.3. The molecule has 0 saturated carbocycles. The summed E-state index contributed by atoms with van der Waals surface area (Å²) in [4.78, 5) is 35.0. The number of aromatic nitrogens is 1. The van der Waals surface area contributed by atoms with E-state index in [1.807, 2.05) is 24.4 Å². The van der Waals surface area contributed by atoms with Crippen molar-refractivity contribution in [1.82, 2.24) is 14.8 Å². The summed E-state index contributed by atoms with van der Waals surface area (Å²) in [5.41, 5.74) is 2.21. The first-order chi connectivity index (χ1) is 18.0. The Kier molecular flexibility index (Phi) is 7.34. The van der Waals surface area contributed by atoms with Gasteiger partial charge in [0.2, 0.25) is 11.3 Å². The van der Waals surface area contributed by atoms with Crippen LogP contribution in [0, 0.1) is 0 Å². The van der Waals surface area contributed by atoms with Gasteiger partial charge in [-0.25, -0.2) is 0 Å². The maximum atomic E-state index is 13.3. The van der Waals surface area contributed by atoms with Gasteiger partial charge >= 0.3 is 0 Å². The third kappa shape index (κ3) is 5.58. The van der Waals surface area contributed by atoms with Gasteiger partial charge in [-0.2, -0.15) is 0 Å². The fourth-order valence-corrected chi connectivity index (χ4v) is 4.65. The molecule has 0 unspecified atom stereocenters. The highest BCUT2D eigenvalue weighted by Crippen LogP contribution is 2.31. The second kappa shape index (κ2) is 11.0. The monoisotopic (exact) mass is 502 g/mol. The summed E-state index contributed by atoms with van der Waals surface area (Å²) in [6, 6.07) is 14.4. The Morgan fingerprint density at radius 1 is 1.00 bits per heavy atom. The predicted octanol–water partition coefficient (Wildman–Crippen LogP) is 3.50. The summed E-state index contributed by atoms with van der Waals surface area (Å²) < 4.78 is 16.6. The van der Waals surface area contributed by atoms with Crippen LogP contribution in [-0.2, 0) is 11.3 Å². The molecule has 1 saturated heterocycles. The van der Waals surface area contributed by atoms with Crippen LogP contribution in [0.3, 0.4) is 0 Å². The van der Waals surface area contributed by atoms with Gasteiger partial charge < -0.3 is 24.1 Å². The van der Waals surface area contributed by atoms with Crippen molar-refractivity contribution < 1.29 is 18.7 Å². The van der Waals surface area contributed by atoms with Crippen LogP contribution in [0.4, 0.5) is 5.69 Å². The molecule has 2 aromatic carbocycles. The lowest BCUT2D eigenvalue weighted by Crippen LogP contribution is -2.46. The van der Waals surface area contributed by atoms with Gasteiger partial charge in [-0.15, -0.1) is 0 Å². The van der Waals surface area contributed by atoms with Gasteiger partial charge in [-0.3, -0.25) is 19.5 Å². The topological polar surface area (TPSA) is 97.1 Å². The number of hydrogen-bond acceptors (Lipinski definition) is 8. The lowest BCUT2D eigenvalue weighted by atomic mass is 10.1. The molecule has 1 N–H and O–H groups in total. The Hall–Kier alpha value is -3.95. The summed E-state index contributed by atoms with van der Waals surface area (Å²) >= 11 is 0. The van der Waals surface area contributed by atoms with Crippen molar-refractivity contribution in [3.63, 3.8) is 0 Å². The standard InChI is InChI=1S/C28H30N4O5/c1-35-21-16-24(36-2)27-25(17-21)37-23-7-6-19(15-22(23)28(27)34)30-26(33)8-10-31-11-13-32(14-12-31)18-20-5-3-4-9-29-20/h3-7,9,15-17H,8,10-14,18H2,1-2H3,(H,30,33). The van der Waals surface area contributed by atoms with Crippen LogP contribution in [-0.4, -0.2) is 67.6 Å². The Morgan fingerprint density at radius 2 is 1.81 bits per heavy atom. The molecule has 192 valence electrons. The average molecular weight is 503 g/mol. The molecule has 0 aliphatic carbocycles. The number of carbonyl (C=O) groups excluding carboxylic acids is 1. The molecule has 4 aromatic rings. The number of pyridine rings is 1. The first kappa shape index (κ1) is 24.7. The second-order valence-corrected chi connectivity index (χ2v) is 9.08. The lowest BCUT2D eigenvalue weighted by Gasteiger charge is -2.34. The van der Waals surface area contributed by atoms with Gasteiger partial charge in [0.25, 0.3) is 0 Å². The van der Waals surface area contributed by atoms with Crippen LogP contribution in [0.2, 0.25) is 0 Å². The molecule has 37 heavy (non-hydrogen) atoms. The van der Waals surface area contributed by atoms with Gasteiger partial charge in [0.05, 0.1) is 25.3 Å². The molecule has 9 nitrogen and oxygen atoms in total. The van der Waals surface area contributed by atoms with Crippen molar-refractivity contribution in [2.24, 2.45) is 0 Å². The molecule has 1 fully saturated rings. The maximum Gasteiger partial charge on any atom is 0.225 e. The molecule has 3 heterocycles. The molecule has 0 atom stereocenters. The summed E-state index contributed by atoms with van der Waals surface area (Å²) in [6.45, 7) is 5.25. The Balaban J connectivity index is 1.21. The number of hydrogen-bond donors (Lipinski definition) is 1. The number of fused-ring (bicyclic) bond motifs is 2. The van der Waals surface area contributed by atoms with E-state index in [4.69, 9.17) is 13.9 Å². The van der Waals surface area contributed by atoms with Gasteiger partial charge in [0.15, 0.2) is 0 Å². The van der Waals surface area contributed by atoms with Crippen molar-refractivity contribution in [2.45, 2.75) is 13.0 Å². The Labute approximate surface area is 214 Å². The number of rotatable bonds is 8. The Morgan fingerprint density at radius 3 is 2.54 bits per heavy atom. The number of piperazine rings is 1. The normalized spacial score (nSPS) is 14.6. The molecule has 2 aromatic heterocycles. The van der Waals surface area contributed by atoms with Crippen molar-refractivity contribution in [2.75, 3.05) is 52.3 Å². The molecule has 5 rings (SSSR count). The van der Waals surface area contributed by atoms with Crippen molar-refractivity contribution in [1.29, 1.82) is 0 Å². The van der Waals surface area contributed by atoms with Crippen LogP contribution >= 0.6 is 0 Å². The molecule has 9 heteroatoms. The van der Waals surface area contributed by atoms with Gasteiger partial charge in [0.1, 0.15) is 28.1 Å². The van der Waals surface area contributed by atoms with E-state index in [-0.39, 0.29) is 11.3 Å². The number of nitrogens with zero attached hydrogens (tertiary/aromatic N) is 3. The summed E-state index contributed by atoms with van der Waals surface area (Å²) in [5.74, 6) is 0.813. The smallest absolute Gasteiger partial charge is 0.225 e. The first-order valence-corrected chi connectivity index (χ1v) is 12.3. The van der Waals surface area contributed by atoms with Crippen molar-refractivity contribution in [3.8, 4) is 11.5 Å². The number of methoxy groups -OCH3 is 2. The van der Waals surface area contributed by atoms with E-state index in [9.17, 15) is 9.59 Å². The molecular formula is C28H30N4O5. The second-order valence-electron chi connectivity index (χ2n) is 9.08. The van der Waals surface area contributed by atoms with Gasteiger partial charge in [-0.05, 0) is 30.3 Å². The zero-order valence-corrected chi connectivity index (χ0v) is 21.0. The van der Waals surface area contributed by atoms with E-state index in [2.05, 4.69) is 20.1 Å². The average Bonchev–Trinajstić information content (AvgIpc) is 2.93. The highest BCUT2D eigenvalue weighted by atomic mass is 16.5. The largest absolute Gasteiger partial charge is 0.496 e. The van der Waals surface area contributed by atoms with E-state index >= 15 is 0 Å². The first-order valence-electron chi connectivity index (χ1n) is 12.3. The SMILES string of the molecule is COc1cc(OC)c2c(=O)c3cc(NC(=O)CCN4CCN(Cc5ccccn5)CC4)ccc3oc2c1. The fraction of sp³-hybridized carbons (Fsp3) is 0.321. The Bertz CT molecular complexity index is 1460. The molecular weight excluding hydrogens is 472 g/mol. The van der Waals surface area contributed by atoms with Crippen LogP contribution in [0.5, 0.6) is 11.5 Å². The van der Waals surface area contributed by atoms with E-state index < -0.39 is 0 Å². The fourth-order valence-electron chi connectivity index (χ4n) is 4.65. The van der Waals surface area contributed by atoms with Crippen LogP contribution < -0.4 is 20.2 Å². The third-order valence-corrected chi connectivity index (χ3v) is 6.68. The molecule has 1 amide bonds. The van der Waals surface area contributed by atoms with Crippen LogP contribution in [0.25, 0.3) is 21.9 Å². The molecule has 0 spiro atoms. The van der Waals surface area contributed by atoms with Crippen molar-refractivity contribution >= 4 is 33.5 Å². The summed E-state index contributed by atoms with van der Waals surface area (Å²) in [5, 5.41) is 3.63. The molecule has 0 radical (unpaired) electrons. The number of benzene rings is 2. The zero-order valence-electron chi connectivity index (χ0n) is 21.0. The predicted molar refractivity (Wildman–Crippen MR) is 142 cm³/mol. The number of anilines is 1. The van der Waals surface area contributed by atoms with E-state index in [0.717, 1.165) is 38.4 Å². The molecule has 0 bridgehead atoms. The number of amides is 1. The number of carbonyl (C=O) groups is 1. The minimum Gasteiger partial charge on any atom is -0.496 e. The molecule has 1 aliphatic rings. The van der Waals surface area contributed by atoms with Crippen LogP contribution in [0.1, 0.15) is 12.1 Å². The number of ether oxygens (including phenoxy) is 2. The van der Waals surface area contributed by atoms with Crippen molar-refractivity contribution in [3.05, 3.63) is 70.6 Å². The summed E-state index contributed by atoms with van der Waals surface area (Å²) in [6.07, 6.45) is 2.20. The zero-order chi connectivity index (χ0) is 25.8. The van der Waals surface area contributed by atoms with E-state index in [1.54, 1.807) is 37.4 Å². The summed E-state index contributed by atoms with van der Waals surface area (Å²) in [7, 11) is 3.03. The van der Waals surface area contributed by atoms with E-state index in [1.165, 1.54) is 7.11 Å². The van der Waals surface area contributed by atoms with Gasteiger partial charge in [-0.1, -0.05) is 6.07 Å². The highest BCUT2D eigenvalue weighted by Gasteiger charge is 2.19. The molecule has 1 aliphatic heterocycles. The quantitative estimate of drug-likeness (QED) is 0.366.